The average molecular weight is 481 g/mol. The van der Waals surface area contributed by atoms with Crippen LogP contribution in [0, 0.1) is 23.6 Å². The Kier molecular flexibility index (Phi) is 7.48. The molecule has 8 heteroatoms. The van der Waals surface area contributed by atoms with Gasteiger partial charge in [-0.3, -0.25) is 24.4 Å². The number of carbonyl (C=O) groups is 3. The van der Waals surface area contributed by atoms with E-state index >= 15 is 0 Å². The van der Waals surface area contributed by atoms with Gasteiger partial charge in [-0.05, 0) is 68.4 Å². The molecular weight excluding hydrogens is 447 g/mol. The smallest absolute Gasteiger partial charge is 0.245 e. The second kappa shape index (κ2) is 10.5. The van der Waals surface area contributed by atoms with Gasteiger partial charge < -0.3 is 4.90 Å². The highest BCUT2D eigenvalue weighted by Crippen LogP contribution is 2.37. The summed E-state index contributed by atoms with van der Waals surface area (Å²) >= 11 is 0. The highest BCUT2D eigenvalue weighted by atomic mass is 19.1. The first-order valence-corrected chi connectivity index (χ1v) is 12.3. The Morgan fingerprint density at radius 2 is 1.77 bits per heavy atom. The van der Waals surface area contributed by atoms with Crippen molar-refractivity contribution in [1.29, 1.82) is 0 Å². The van der Waals surface area contributed by atoms with Crippen molar-refractivity contribution in [2.75, 3.05) is 13.6 Å². The minimum atomic E-state index is -0.761. The van der Waals surface area contributed by atoms with Crippen molar-refractivity contribution in [3.63, 3.8) is 0 Å². The van der Waals surface area contributed by atoms with Gasteiger partial charge in [-0.1, -0.05) is 26.0 Å². The Labute approximate surface area is 205 Å². The molecule has 186 valence electrons. The minimum Gasteiger partial charge on any atom is -0.344 e. The van der Waals surface area contributed by atoms with Crippen LogP contribution in [0.25, 0.3) is 11.3 Å². The lowest BCUT2D eigenvalue weighted by Gasteiger charge is -2.31. The van der Waals surface area contributed by atoms with Gasteiger partial charge >= 0.3 is 0 Å². The van der Waals surface area contributed by atoms with Crippen LogP contribution in [-0.4, -0.2) is 57.4 Å². The zero-order valence-corrected chi connectivity index (χ0v) is 20.5. The summed E-state index contributed by atoms with van der Waals surface area (Å²) < 4.78 is 13.2. The molecule has 1 aliphatic heterocycles. The van der Waals surface area contributed by atoms with Crippen LogP contribution in [0.3, 0.4) is 0 Å². The number of nitrogens with zero attached hydrogens (tertiary/aromatic N) is 3. The molecule has 2 aromatic rings. The molecule has 0 saturated carbocycles. The van der Waals surface area contributed by atoms with Gasteiger partial charge in [0.15, 0.2) is 0 Å². The quantitative estimate of drug-likeness (QED) is 0.435. The number of hydrogen-bond donors (Lipinski definition) is 1. The molecule has 35 heavy (non-hydrogen) atoms. The maximum atomic E-state index is 13.4. The van der Waals surface area contributed by atoms with Gasteiger partial charge in [0.05, 0.1) is 17.5 Å². The molecule has 3 amide bonds. The number of benzene rings is 1. The van der Waals surface area contributed by atoms with Crippen molar-refractivity contribution in [3.8, 4) is 11.3 Å². The lowest BCUT2D eigenvalue weighted by molar-refractivity contribution is -0.151. The third-order valence-electron chi connectivity index (χ3n) is 6.92. The summed E-state index contributed by atoms with van der Waals surface area (Å²) in [4.78, 5) is 42.5. The summed E-state index contributed by atoms with van der Waals surface area (Å²) in [5.74, 6) is -1.41. The van der Waals surface area contributed by atoms with E-state index in [9.17, 15) is 18.8 Å². The van der Waals surface area contributed by atoms with E-state index in [4.69, 9.17) is 0 Å². The molecule has 7 nitrogen and oxygen atoms in total. The topological polar surface area (TPSA) is 86.4 Å². The number of aromatic amines is 1. The third-order valence-corrected chi connectivity index (χ3v) is 6.92. The zero-order chi connectivity index (χ0) is 25.1. The van der Waals surface area contributed by atoms with Gasteiger partial charge in [-0.25, -0.2) is 4.39 Å². The van der Waals surface area contributed by atoms with Crippen molar-refractivity contribution in [2.24, 2.45) is 17.8 Å². The van der Waals surface area contributed by atoms with Gasteiger partial charge in [-0.2, -0.15) is 5.10 Å². The molecule has 4 rings (SSSR count). The maximum absolute atomic E-state index is 13.4. The Hall–Kier alpha value is -3.29. The van der Waals surface area contributed by atoms with E-state index in [1.807, 2.05) is 32.1 Å². The van der Waals surface area contributed by atoms with Gasteiger partial charge in [0, 0.05) is 24.8 Å². The summed E-state index contributed by atoms with van der Waals surface area (Å²) in [6.45, 7) is 4.48. The summed E-state index contributed by atoms with van der Waals surface area (Å²) in [6, 6.07) is 7.34. The first-order valence-electron chi connectivity index (χ1n) is 12.3. The molecule has 0 radical (unpaired) electrons. The predicted octanol–water partition coefficient (Wildman–Crippen LogP) is 3.97. The van der Waals surface area contributed by atoms with Crippen LogP contribution >= 0.6 is 0 Å². The van der Waals surface area contributed by atoms with E-state index in [0.717, 1.165) is 17.0 Å². The van der Waals surface area contributed by atoms with E-state index in [0.29, 0.717) is 38.6 Å². The molecule has 0 unspecified atom stereocenters. The number of halogens is 1. The number of fused-ring (bicyclic) bond motifs is 1. The summed E-state index contributed by atoms with van der Waals surface area (Å²) in [5, 5.41) is 7.30. The Bertz CT molecular complexity index is 1080. The third kappa shape index (κ3) is 5.36. The van der Waals surface area contributed by atoms with Crippen LogP contribution in [0.15, 0.2) is 42.5 Å². The minimum absolute atomic E-state index is 0.161. The van der Waals surface area contributed by atoms with Gasteiger partial charge in [-0.15, -0.1) is 0 Å². The largest absolute Gasteiger partial charge is 0.344 e. The fourth-order valence-electron chi connectivity index (χ4n) is 5.03. The zero-order valence-electron chi connectivity index (χ0n) is 20.5. The van der Waals surface area contributed by atoms with Crippen molar-refractivity contribution in [3.05, 3.63) is 54.0 Å². The SMILES string of the molecule is CC(C)C[C@H](C(=O)N(C)CCCc1cc(-c2ccc(F)cc2)n[nH]1)N1C(=O)[C@H]2CC=CC[C@H]2C1=O. The van der Waals surface area contributed by atoms with E-state index in [-0.39, 0.29) is 41.3 Å². The molecule has 0 bridgehead atoms. The number of imide groups is 1. The molecule has 2 aliphatic rings. The summed E-state index contributed by atoms with van der Waals surface area (Å²) in [5.41, 5.74) is 2.49. The van der Waals surface area contributed by atoms with Crippen molar-refractivity contribution >= 4 is 17.7 Å². The number of nitrogens with one attached hydrogen (secondary N) is 1. The molecule has 1 aliphatic carbocycles. The molecule has 1 fully saturated rings. The van der Waals surface area contributed by atoms with Crippen molar-refractivity contribution < 1.29 is 18.8 Å². The highest BCUT2D eigenvalue weighted by molar-refractivity contribution is 6.08. The Morgan fingerprint density at radius 3 is 2.37 bits per heavy atom. The van der Waals surface area contributed by atoms with Crippen LogP contribution in [0.2, 0.25) is 0 Å². The van der Waals surface area contributed by atoms with Crippen molar-refractivity contribution in [2.45, 2.75) is 52.0 Å². The number of rotatable bonds is 9. The molecule has 1 N–H and O–H groups in total. The fraction of sp³-hybridized carbons (Fsp3) is 0.481. The number of allylic oxidation sites excluding steroid dienone is 2. The number of hydrogen-bond acceptors (Lipinski definition) is 4. The normalized spacial score (nSPS) is 20.4. The number of amides is 3. The number of H-pyrrole nitrogens is 1. The standard InChI is InChI=1S/C27H33FN4O3/c1-17(2)15-24(32-25(33)21-8-4-5-9-22(21)26(32)34)27(35)31(3)14-6-7-20-16-23(30-29-20)18-10-12-19(28)13-11-18/h4-5,10-13,16-17,21-22,24H,6-9,14-15H2,1-3H3,(H,29,30)/t21-,22+,24-/m1/s1. The van der Waals surface area contributed by atoms with E-state index in [1.54, 1.807) is 24.1 Å². The number of likely N-dealkylation sites (N-methyl/N-ethyl adjacent to an activating group) is 1. The first kappa shape index (κ1) is 24.8. The van der Waals surface area contributed by atoms with Crippen LogP contribution in [0.1, 0.15) is 45.2 Å². The second-order valence-electron chi connectivity index (χ2n) is 10.00. The van der Waals surface area contributed by atoms with Crippen LogP contribution in [0.4, 0.5) is 4.39 Å². The first-order chi connectivity index (χ1) is 16.8. The fourth-order valence-corrected chi connectivity index (χ4v) is 5.03. The Morgan fingerprint density at radius 1 is 1.14 bits per heavy atom. The van der Waals surface area contributed by atoms with Crippen LogP contribution in [-0.2, 0) is 20.8 Å². The van der Waals surface area contributed by atoms with Crippen LogP contribution in [0.5, 0.6) is 0 Å². The number of carbonyl (C=O) groups excluding carboxylic acids is 3. The van der Waals surface area contributed by atoms with E-state index in [1.165, 1.54) is 17.0 Å². The molecule has 1 aromatic heterocycles. The van der Waals surface area contributed by atoms with Gasteiger partial charge in [0.1, 0.15) is 11.9 Å². The predicted molar refractivity (Wildman–Crippen MR) is 130 cm³/mol. The molecule has 1 aromatic carbocycles. The summed E-state index contributed by atoms with van der Waals surface area (Å²) in [7, 11) is 1.73. The monoisotopic (exact) mass is 480 g/mol. The lowest BCUT2D eigenvalue weighted by atomic mass is 9.85. The summed E-state index contributed by atoms with van der Waals surface area (Å²) in [6.07, 6.45) is 6.87. The number of aromatic nitrogens is 2. The average Bonchev–Trinajstić information content (AvgIpc) is 3.41. The number of aryl methyl sites for hydroxylation is 1. The Balaban J connectivity index is 1.37. The van der Waals surface area contributed by atoms with E-state index in [2.05, 4.69) is 10.2 Å². The lowest BCUT2D eigenvalue weighted by Crippen LogP contribution is -2.51. The maximum Gasteiger partial charge on any atom is 0.245 e. The molecule has 1 saturated heterocycles. The van der Waals surface area contributed by atoms with Crippen molar-refractivity contribution in [1.82, 2.24) is 20.0 Å². The second-order valence-corrected chi connectivity index (χ2v) is 10.00. The van der Waals surface area contributed by atoms with Gasteiger partial charge in [0.2, 0.25) is 17.7 Å². The van der Waals surface area contributed by atoms with E-state index < -0.39 is 6.04 Å². The highest BCUT2D eigenvalue weighted by Gasteiger charge is 2.51. The van der Waals surface area contributed by atoms with Gasteiger partial charge in [0.25, 0.3) is 0 Å². The molecule has 0 spiro atoms. The molecule has 2 heterocycles. The van der Waals surface area contributed by atoms with Crippen LogP contribution < -0.4 is 0 Å². The number of likely N-dealkylation sites (tertiary alicyclic amines) is 1. The molecular formula is C27H33FN4O3. The molecule has 3 atom stereocenters.